The molecule has 1 heterocycles. The number of anilines is 1. The van der Waals surface area contributed by atoms with Gasteiger partial charge in [-0.1, -0.05) is 55.2 Å². The molecule has 1 unspecified atom stereocenters. The first kappa shape index (κ1) is 21.5. The van der Waals surface area contributed by atoms with Gasteiger partial charge in [0.05, 0.1) is 20.7 Å². The van der Waals surface area contributed by atoms with Crippen LogP contribution in [0.4, 0.5) is 11.4 Å². The van der Waals surface area contributed by atoms with Gasteiger partial charge in [0.25, 0.3) is 5.69 Å². The minimum Gasteiger partial charge on any atom is -0.294 e. The largest absolute Gasteiger partial charge is 0.294 e. The number of allylic oxidation sites excluding steroid dienone is 2. The molecular weight excluding hydrogens is 439 g/mol. The molecule has 1 amide bonds. The second-order valence-electron chi connectivity index (χ2n) is 8.71. The summed E-state index contributed by atoms with van der Waals surface area (Å²) in [5, 5.41) is 12.0. The zero-order valence-electron chi connectivity index (χ0n) is 17.0. The Hall–Kier alpha value is -2.70. The summed E-state index contributed by atoms with van der Waals surface area (Å²) in [6.07, 6.45) is 0.850. The van der Waals surface area contributed by atoms with Crippen LogP contribution in [-0.2, 0) is 9.59 Å². The molecule has 2 aromatic carbocycles. The Kier molecular flexibility index (Phi) is 5.40. The van der Waals surface area contributed by atoms with Crippen LogP contribution in [-0.4, -0.2) is 16.6 Å². The van der Waals surface area contributed by atoms with Gasteiger partial charge in [0.2, 0.25) is 5.91 Å². The molecular formula is C23H20Cl2N2O4. The summed E-state index contributed by atoms with van der Waals surface area (Å²) >= 11 is 12.7. The van der Waals surface area contributed by atoms with E-state index in [1.165, 1.54) is 23.1 Å². The summed E-state index contributed by atoms with van der Waals surface area (Å²) < 4.78 is 0. The number of hydrogen-bond donors (Lipinski definition) is 0. The molecule has 0 spiro atoms. The van der Waals surface area contributed by atoms with E-state index in [0.29, 0.717) is 45.4 Å². The molecule has 6 nitrogen and oxygen atoms in total. The summed E-state index contributed by atoms with van der Waals surface area (Å²) in [6.45, 7) is 3.95. The van der Waals surface area contributed by atoms with Gasteiger partial charge in [-0.2, -0.15) is 0 Å². The van der Waals surface area contributed by atoms with Gasteiger partial charge in [-0.15, -0.1) is 0 Å². The molecule has 0 aromatic heterocycles. The molecule has 4 rings (SSSR count). The zero-order valence-corrected chi connectivity index (χ0v) is 18.5. The highest BCUT2D eigenvalue weighted by atomic mass is 35.5. The topological polar surface area (TPSA) is 80.5 Å². The number of Topliss-reactive ketones (excluding diaryl/α,β-unsaturated/α-hetero) is 1. The van der Waals surface area contributed by atoms with Crippen LogP contribution in [0.3, 0.4) is 0 Å². The Morgan fingerprint density at radius 3 is 2.52 bits per heavy atom. The maximum absolute atomic E-state index is 13.4. The molecule has 0 N–H and O–H groups in total. The second kappa shape index (κ2) is 7.77. The van der Waals surface area contributed by atoms with Crippen molar-refractivity contribution in [2.24, 2.45) is 5.41 Å². The van der Waals surface area contributed by atoms with Crippen molar-refractivity contribution in [2.45, 2.75) is 39.0 Å². The number of carbonyl (C=O) groups excluding carboxylic acids is 2. The van der Waals surface area contributed by atoms with Crippen LogP contribution in [0.25, 0.3) is 0 Å². The van der Waals surface area contributed by atoms with Gasteiger partial charge in [-0.05, 0) is 29.5 Å². The molecule has 31 heavy (non-hydrogen) atoms. The number of nitro benzene ring substituents is 1. The number of benzene rings is 2. The summed E-state index contributed by atoms with van der Waals surface area (Å²) in [6, 6.07) is 11.1. The van der Waals surface area contributed by atoms with Crippen LogP contribution < -0.4 is 4.90 Å². The molecule has 2 aliphatic rings. The maximum Gasteiger partial charge on any atom is 0.271 e. The van der Waals surface area contributed by atoms with E-state index in [-0.39, 0.29) is 29.2 Å². The SMILES string of the molecule is CC1(C)CC(=O)C2=C(C1)N(c1cccc([N+](=O)[O-])c1)C(=O)CC2c1cccc(Cl)c1Cl. The Balaban J connectivity index is 1.93. The fraction of sp³-hybridized carbons (Fsp3) is 0.304. The van der Waals surface area contributed by atoms with Gasteiger partial charge < -0.3 is 0 Å². The van der Waals surface area contributed by atoms with Crippen LogP contribution in [0.2, 0.25) is 10.0 Å². The van der Waals surface area contributed by atoms with E-state index in [9.17, 15) is 19.7 Å². The van der Waals surface area contributed by atoms with Crippen molar-refractivity contribution < 1.29 is 14.5 Å². The highest BCUT2D eigenvalue weighted by Gasteiger charge is 2.45. The van der Waals surface area contributed by atoms with Crippen LogP contribution >= 0.6 is 23.2 Å². The predicted octanol–water partition coefficient (Wildman–Crippen LogP) is 6.07. The number of non-ortho nitro benzene ring substituents is 1. The van der Waals surface area contributed by atoms with Gasteiger partial charge >= 0.3 is 0 Å². The smallest absolute Gasteiger partial charge is 0.271 e. The van der Waals surface area contributed by atoms with Crippen molar-refractivity contribution >= 4 is 46.3 Å². The molecule has 0 bridgehead atoms. The molecule has 8 heteroatoms. The van der Waals surface area contributed by atoms with Crippen molar-refractivity contribution in [2.75, 3.05) is 4.90 Å². The van der Waals surface area contributed by atoms with Crippen LogP contribution in [0, 0.1) is 15.5 Å². The van der Waals surface area contributed by atoms with Crippen molar-refractivity contribution in [3.8, 4) is 0 Å². The third-order valence-electron chi connectivity index (χ3n) is 5.80. The number of rotatable bonds is 3. The number of nitro groups is 1. The van der Waals surface area contributed by atoms with E-state index in [1.807, 2.05) is 13.8 Å². The van der Waals surface area contributed by atoms with Gasteiger partial charge in [0.1, 0.15) is 0 Å². The van der Waals surface area contributed by atoms with Crippen molar-refractivity contribution in [3.63, 3.8) is 0 Å². The molecule has 1 aliphatic carbocycles. The molecule has 0 fully saturated rings. The molecule has 1 aliphatic heterocycles. The highest BCUT2D eigenvalue weighted by Crippen LogP contribution is 2.49. The maximum atomic E-state index is 13.4. The van der Waals surface area contributed by atoms with Gasteiger partial charge in [-0.3, -0.25) is 24.6 Å². The van der Waals surface area contributed by atoms with Crippen molar-refractivity contribution in [1.29, 1.82) is 0 Å². The number of carbonyl (C=O) groups is 2. The predicted molar refractivity (Wildman–Crippen MR) is 119 cm³/mol. The number of ketones is 1. The summed E-state index contributed by atoms with van der Waals surface area (Å²) in [7, 11) is 0. The van der Waals surface area contributed by atoms with Gasteiger partial charge in [0.15, 0.2) is 5.78 Å². The molecule has 0 saturated carbocycles. The first-order valence-electron chi connectivity index (χ1n) is 9.86. The van der Waals surface area contributed by atoms with Gasteiger partial charge in [-0.25, -0.2) is 0 Å². The Morgan fingerprint density at radius 1 is 1.10 bits per heavy atom. The third-order valence-corrected chi connectivity index (χ3v) is 6.63. The molecule has 2 aromatic rings. The Labute approximate surface area is 189 Å². The van der Waals surface area contributed by atoms with Crippen molar-refractivity contribution in [3.05, 3.63) is 79.5 Å². The number of halogens is 2. The average Bonchev–Trinajstić information content (AvgIpc) is 2.68. The lowest BCUT2D eigenvalue weighted by Gasteiger charge is -2.43. The number of nitrogens with zero attached hydrogens (tertiary/aromatic N) is 2. The summed E-state index contributed by atoms with van der Waals surface area (Å²) in [5.74, 6) is -0.798. The molecule has 0 saturated heterocycles. The lowest BCUT2D eigenvalue weighted by molar-refractivity contribution is -0.384. The van der Waals surface area contributed by atoms with E-state index < -0.39 is 10.8 Å². The minimum absolute atomic E-state index is 0.0216. The van der Waals surface area contributed by atoms with Crippen molar-refractivity contribution in [1.82, 2.24) is 0 Å². The lowest BCUT2D eigenvalue weighted by atomic mass is 9.69. The summed E-state index contributed by atoms with van der Waals surface area (Å²) in [5.41, 5.74) is 1.67. The molecule has 160 valence electrons. The minimum atomic E-state index is -0.507. The third kappa shape index (κ3) is 3.86. The molecule has 1 atom stereocenters. The van der Waals surface area contributed by atoms with E-state index in [2.05, 4.69) is 0 Å². The second-order valence-corrected chi connectivity index (χ2v) is 9.49. The fourth-order valence-electron chi connectivity index (χ4n) is 4.52. The highest BCUT2D eigenvalue weighted by molar-refractivity contribution is 6.42. The van der Waals surface area contributed by atoms with Crippen LogP contribution in [0.1, 0.15) is 44.6 Å². The normalized spacial score (nSPS) is 20.6. The van der Waals surface area contributed by atoms with E-state index >= 15 is 0 Å². The number of amides is 1. The average molecular weight is 459 g/mol. The van der Waals surface area contributed by atoms with E-state index in [1.54, 1.807) is 24.3 Å². The first-order chi connectivity index (χ1) is 14.6. The quantitative estimate of drug-likeness (QED) is 0.413. The lowest BCUT2D eigenvalue weighted by Crippen LogP contribution is -2.43. The van der Waals surface area contributed by atoms with Crippen LogP contribution in [0.5, 0.6) is 0 Å². The van der Waals surface area contributed by atoms with E-state index in [0.717, 1.165) is 0 Å². The summed E-state index contributed by atoms with van der Waals surface area (Å²) in [4.78, 5) is 38.9. The molecule has 0 radical (unpaired) electrons. The van der Waals surface area contributed by atoms with Crippen LogP contribution in [0.15, 0.2) is 53.7 Å². The first-order valence-corrected chi connectivity index (χ1v) is 10.6. The standard InChI is InChI=1S/C23H20Cl2N2O4/c1-23(2)11-18-21(19(28)12-23)16(15-7-4-8-17(24)22(15)25)10-20(29)26(18)13-5-3-6-14(9-13)27(30)31/h3-9,16H,10-12H2,1-2H3. The van der Waals surface area contributed by atoms with Gasteiger partial charge in [0, 0.05) is 42.2 Å². The zero-order chi connectivity index (χ0) is 22.5. The Morgan fingerprint density at radius 2 is 1.81 bits per heavy atom. The van der Waals surface area contributed by atoms with E-state index in [4.69, 9.17) is 23.2 Å². The Bertz CT molecular complexity index is 1160. The fourth-order valence-corrected chi connectivity index (χ4v) is 4.96. The monoisotopic (exact) mass is 458 g/mol. The number of hydrogen-bond acceptors (Lipinski definition) is 4.